The highest BCUT2D eigenvalue weighted by Gasteiger charge is 2.41. The van der Waals surface area contributed by atoms with Gasteiger partial charge >= 0.3 is 0 Å². The summed E-state index contributed by atoms with van der Waals surface area (Å²) in [5, 5.41) is 0. The topological polar surface area (TPSA) is 17.1 Å². The van der Waals surface area contributed by atoms with Crippen molar-refractivity contribution in [2.45, 2.75) is 30.3 Å². The SMILES string of the molecule is CC(=O)C(Br)C(C)(C)[S+](C)C.[Br-]. The Balaban J connectivity index is 0. The van der Waals surface area contributed by atoms with E-state index in [1.807, 2.05) is 0 Å². The van der Waals surface area contributed by atoms with E-state index in [1.54, 1.807) is 6.92 Å². The molecular formula is C8H16Br2OS. The zero-order chi connectivity index (χ0) is 9.23. The van der Waals surface area contributed by atoms with Gasteiger partial charge in [-0.25, -0.2) is 0 Å². The van der Waals surface area contributed by atoms with Crippen LogP contribution in [0.2, 0.25) is 0 Å². The average molecular weight is 320 g/mol. The molecule has 0 amide bonds. The molecule has 0 aliphatic carbocycles. The van der Waals surface area contributed by atoms with Gasteiger partial charge in [-0.2, -0.15) is 0 Å². The molecule has 0 saturated heterocycles. The molecule has 1 atom stereocenters. The summed E-state index contributed by atoms with van der Waals surface area (Å²) in [5.74, 6) is 0.219. The van der Waals surface area contributed by atoms with Crippen molar-refractivity contribution in [1.29, 1.82) is 0 Å². The Bertz CT molecular complexity index is 157. The molecule has 4 heteroatoms. The summed E-state index contributed by atoms with van der Waals surface area (Å²) in [6.07, 6.45) is 4.33. The van der Waals surface area contributed by atoms with Crippen LogP contribution in [0.25, 0.3) is 0 Å². The molecule has 0 heterocycles. The fraction of sp³-hybridized carbons (Fsp3) is 0.875. The molecule has 0 aromatic carbocycles. The van der Waals surface area contributed by atoms with E-state index in [9.17, 15) is 4.79 Å². The quantitative estimate of drug-likeness (QED) is 0.482. The van der Waals surface area contributed by atoms with E-state index < -0.39 is 0 Å². The van der Waals surface area contributed by atoms with Gasteiger partial charge in [-0.15, -0.1) is 0 Å². The van der Waals surface area contributed by atoms with Crippen molar-refractivity contribution < 1.29 is 21.8 Å². The van der Waals surface area contributed by atoms with Gasteiger partial charge in [0.2, 0.25) is 0 Å². The summed E-state index contributed by atoms with van der Waals surface area (Å²) in [6.45, 7) is 5.88. The molecule has 0 aliphatic heterocycles. The van der Waals surface area contributed by atoms with Crippen LogP contribution in [0.4, 0.5) is 0 Å². The molecule has 0 bridgehead atoms. The second kappa shape index (κ2) is 5.66. The lowest BCUT2D eigenvalue weighted by atomic mass is 10.1. The van der Waals surface area contributed by atoms with E-state index in [-0.39, 0.29) is 43.2 Å². The van der Waals surface area contributed by atoms with Crippen molar-refractivity contribution in [2.75, 3.05) is 12.5 Å². The van der Waals surface area contributed by atoms with Gasteiger partial charge in [0.05, 0.1) is 12.5 Å². The minimum Gasteiger partial charge on any atom is -1.00 e. The maximum absolute atomic E-state index is 11.1. The van der Waals surface area contributed by atoms with E-state index in [1.165, 1.54) is 0 Å². The normalized spacial score (nSPS) is 13.9. The first-order chi connectivity index (χ1) is 4.80. The monoisotopic (exact) mass is 318 g/mol. The number of carbonyl (C=O) groups is 1. The Morgan fingerprint density at radius 1 is 1.42 bits per heavy atom. The van der Waals surface area contributed by atoms with E-state index >= 15 is 0 Å². The second-order valence-electron chi connectivity index (χ2n) is 3.39. The Kier molecular flexibility index (Phi) is 7.28. The van der Waals surface area contributed by atoms with Gasteiger partial charge in [0.15, 0.2) is 0 Å². The molecule has 0 rings (SSSR count). The van der Waals surface area contributed by atoms with Crippen molar-refractivity contribution in [3.8, 4) is 0 Å². The van der Waals surface area contributed by atoms with Crippen LogP contribution >= 0.6 is 15.9 Å². The van der Waals surface area contributed by atoms with Crippen LogP contribution in [0.1, 0.15) is 20.8 Å². The Hall–Kier alpha value is 0.980. The van der Waals surface area contributed by atoms with Crippen molar-refractivity contribution in [3.63, 3.8) is 0 Å². The Morgan fingerprint density at radius 3 is 1.83 bits per heavy atom. The Labute approximate surface area is 96.9 Å². The van der Waals surface area contributed by atoms with Crippen LogP contribution in [-0.2, 0) is 15.7 Å². The minimum absolute atomic E-state index is 0. The van der Waals surface area contributed by atoms with Crippen LogP contribution in [0.5, 0.6) is 0 Å². The maximum atomic E-state index is 11.1. The number of halogens is 2. The van der Waals surface area contributed by atoms with Crippen LogP contribution in [-0.4, -0.2) is 27.9 Å². The smallest absolute Gasteiger partial charge is 0.148 e. The van der Waals surface area contributed by atoms with Gasteiger partial charge in [-0.1, -0.05) is 15.9 Å². The molecule has 0 spiro atoms. The van der Waals surface area contributed by atoms with Crippen LogP contribution < -0.4 is 17.0 Å². The van der Waals surface area contributed by atoms with Crippen LogP contribution in [0.3, 0.4) is 0 Å². The summed E-state index contributed by atoms with van der Waals surface area (Å²) in [5.41, 5.74) is 0. The number of ketones is 1. The Morgan fingerprint density at radius 2 is 1.75 bits per heavy atom. The molecule has 74 valence electrons. The molecule has 0 radical (unpaired) electrons. The summed E-state index contributed by atoms with van der Waals surface area (Å²) in [7, 11) is 0.256. The first-order valence-electron chi connectivity index (χ1n) is 3.52. The third-order valence-electron chi connectivity index (χ3n) is 2.02. The van der Waals surface area contributed by atoms with Gasteiger partial charge < -0.3 is 17.0 Å². The summed E-state index contributed by atoms with van der Waals surface area (Å²) in [6, 6.07) is 0. The minimum atomic E-state index is -0.00617. The third kappa shape index (κ3) is 3.79. The van der Waals surface area contributed by atoms with Gasteiger partial charge in [-0.3, -0.25) is 4.79 Å². The van der Waals surface area contributed by atoms with Crippen LogP contribution in [0.15, 0.2) is 0 Å². The number of hydrogen-bond donors (Lipinski definition) is 0. The lowest BCUT2D eigenvalue weighted by Gasteiger charge is -2.24. The number of alkyl halides is 1. The fourth-order valence-corrected chi connectivity index (χ4v) is 2.40. The van der Waals surface area contributed by atoms with Gasteiger partial charge in [-0.05, 0) is 31.7 Å². The first-order valence-corrected chi connectivity index (χ1v) is 6.48. The number of carbonyl (C=O) groups excluding carboxylic acids is 1. The highest BCUT2D eigenvalue weighted by atomic mass is 79.9. The molecule has 0 saturated carbocycles. The lowest BCUT2D eigenvalue weighted by molar-refractivity contribution is -0.116. The molecule has 0 aromatic heterocycles. The molecule has 1 nitrogen and oxygen atoms in total. The maximum Gasteiger partial charge on any atom is 0.148 e. The largest absolute Gasteiger partial charge is 1.00 e. The summed E-state index contributed by atoms with van der Waals surface area (Å²) >= 11 is 3.42. The standard InChI is InChI=1S/C8H16BrOS.BrH/c1-6(10)7(9)8(2,3)11(4)5;/h7H,1-5H3;1H/q+1;/p-1. The van der Waals surface area contributed by atoms with Crippen molar-refractivity contribution in [3.05, 3.63) is 0 Å². The molecule has 0 aromatic rings. The molecular weight excluding hydrogens is 304 g/mol. The van der Waals surface area contributed by atoms with Gasteiger partial charge in [0.25, 0.3) is 0 Å². The van der Waals surface area contributed by atoms with Crippen molar-refractivity contribution in [2.24, 2.45) is 0 Å². The zero-order valence-electron chi connectivity index (χ0n) is 8.15. The van der Waals surface area contributed by atoms with Gasteiger partial charge in [0.1, 0.15) is 15.4 Å². The molecule has 0 aliphatic rings. The highest BCUT2D eigenvalue weighted by Crippen LogP contribution is 2.26. The molecule has 12 heavy (non-hydrogen) atoms. The molecule has 1 unspecified atom stereocenters. The zero-order valence-corrected chi connectivity index (χ0v) is 12.1. The molecule has 0 N–H and O–H groups in total. The number of rotatable bonds is 3. The second-order valence-corrected chi connectivity index (χ2v) is 6.99. The first kappa shape index (κ1) is 15.5. The number of Topliss-reactive ketones (excluding diaryl/α,β-unsaturated/α-hetero) is 1. The third-order valence-corrected chi connectivity index (χ3v) is 6.45. The predicted octanol–water partition coefficient (Wildman–Crippen LogP) is -1.00. The van der Waals surface area contributed by atoms with E-state index in [0.717, 1.165) is 0 Å². The lowest BCUT2D eigenvalue weighted by Crippen LogP contribution is -3.00. The van der Waals surface area contributed by atoms with Crippen molar-refractivity contribution in [1.82, 2.24) is 0 Å². The van der Waals surface area contributed by atoms with Crippen LogP contribution in [0, 0.1) is 0 Å². The molecule has 0 fully saturated rings. The van der Waals surface area contributed by atoms with Crippen molar-refractivity contribution >= 4 is 32.6 Å². The predicted molar refractivity (Wildman–Crippen MR) is 56.7 cm³/mol. The van der Waals surface area contributed by atoms with E-state index in [4.69, 9.17) is 0 Å². The van der Waals surface area contributed by atoms with E-state index in [2.05, 4.69) is 42.3 Å². The van der Waals surface area contributed by atoms with Gasteiger partial charge in [0, 0.05) is 0 Å². The summed E-state index contributed by atoms with van der Waals surface area (Å²) in [4.78, 5) is 11.0. The highest BCUT2D eigenvalue weighted by molar-refractivity contribution is 9.10. The number of hydrogen-bond acceptors (Lipinski definition) is 1. The summed E-state index contributed by atoms with van der Waals surface area (Å²) < 4.78 is 0.0752. The average Bonchev–Trinajstić information content (AvgIpc) is 1.85. The fourth-order valence-electron chi connectivity index (χ4n) is 0.696. The van der Waals surface area contributed by atoms with E-state index in [0.29, 0.717) is 0 Å².